The van der Waals surface area contributed by atoms with Gasteiger partial charge in [-0.15, -0.1) is 0 Å². The lowest BCUT2D eigenvalue weighted by Gasteiger charge is -2.41. The Kier molecular flexibility index (Phi) is 11.1. The highest BCUT2D eigenvalue weighted by Crippen LogP contribution is 2.45. The highest BCUT2D eigenvalue weighted by molar-refractivity contribution is 7.91. The molecule has 1 atom stereocenters. The van der Waals surface area contributed by atoms with Crippen LogP contribution in [0.15, 0.2) is 48.5 Å². The van der Waals surface area contributed by atoms with Crippen LogP contribution in [0.3, 0.4) is 0 Å². The van der Waals surface area contributed by atoms with Gasteiger partial charge in [-0.1, -0.05) is 38.1 Å². The maximum absolute atomic E-state index is 13.3. The second-order valence-corrected chi connectivity index (χ2v) is 17.4. The summed E-state index contributed by atoms with van der Waals surface area (Å²) < 4.78 is 50.2. The third-order valence-electron chi connectivity index (χ3n) is 9.39. The number of aliphatic carboxylic acids is 1. The van der Waals surface area contributed by atoms with E-state index < -0.39 is 27.5 Å². The van der Waals surface area contributed by atoms with Crippen LogP contribution in [0.1, 0.15) is 76.1 Å². The van der Waals surface area contributed by atoms with Crippen molar-refractivity contribution in [3.63, 3.8) is 0 Å². The van der Waals surface area contributed by atoms with Crippen LogP contribution in [0, 0.1) is 18.2 Å². The van der Waals surface area contributed by atoms with Crippen LogP contribution in [0.25, 0.3) is 11.1 Å². The second-order valence-electron chi connectivity index (χ2n) is 15.1. The van der Waals surface area contributed by atoms with E-state index in [1.807, 2.05) is 52.0 Å². The minimum Gasteiger partial charge on any atom is -0.493 e. The summed E-state index contributed by atoms with van der Waals surface area (Å²) in [6.07, 6.45) is 1.25. The number of ether oxygens (including phenoxy) is 2. The standard InChI is InChI=1S/C38H50FN3O6S/c1-26-32(35(36(43)44)48-37(2,3)4)34(42-18-16-38(5,6)17-19-42)33(31(40-26)25-41-20-23-49(45,46)24-21-41)28-9-13-30(14-10-28)47-22-15-27-7-11-29(39)12-8-27/h7-14,35H,15-25H2,1-6H3,(H,43,44). The molecule has 2 saturated heterocycles. The Morgan fingerprint density at radius 3 is 2.18 bits per heavy atom. The quantitative estimate of drug-likeness (QED) is 0.237. The summed E-state index contributed by atoms with van der Waals surface area (Å²) in [6.45, 7) is 15.1. The molecule has 1 aromatic heterocycles. The number of carboxylic acid groups (broad SMARTS) is 1. The fourth-order valence-electron chi connectivity index (χ4n) is 6.52. The number of piperidine rings is 1. The molecule has 2 aliphatic heterocycles. The van der Waals surface area contributed by atoms with E-state index in [9.17, 15) is 22.7 Å². The number of hydrogen-bond acceptors (Lipinski definition) is 8. The van der Waals surface area contributed by atoms with Crippen LogP contribution in [0.5, 0.6) is 5.75 Å². The summed E-state index contributed by atoms with van der Waals surface area (Å²) in [5, 5.41) is 10.6. The molecule has 11 heteroatoms. The molecule has 0 radical (unpaired) electrons. The Hall–Kier alpha value is -3.54. The molecule has 0 amide bonds. The molecule has 49 heavy (non-hydrogen) atoms. The van der Waals surface area contributed by atoms with E-state index in [0.717, 1.165) is 54.0 Å². The predicted octanol–water partition coefficient (Wildman–Crippen LogP) is 6.62. The normalized spacial score (nSPS) is 18.6. The van der Waals surface area contributed by atoms with Crippen molar-refractivity contribution in [3.8, 4) is 16.9 Å². The molecule has 2 aromatic carbocycles. The number of aromatic nitrogens is 1. The van der Waals surface area contributed by atoms with Gasteiger partial charge in [-0.2, -0.15) is 0 Å². The van der Waals surface area contributed by atoms with Gasteiger partial charge >= 0.3 is 5.97 Å². The lowest BCUT2D eigenvalue weighted by Crippen LogP contribution is -2.41. The number of halogens is 1. The van der Waals surface area contributed by atoms with Crippen molar-refractivity contribution in [3.05, 3.63) is 76.9 Å². The average Bonchev–Trinajstić information content (AvgIpc) is 3.02. The first-order valence-corrected chi connectivity index (χ1v) is 18.9. The molecule has 0 saturated carbocycles. The number of sulfone groups is 1. The van der Waals surface area contributed by atoms with Gasteiger partial charge in [-0.3, -0.25) is 9.88 Å². The zero-order valence-electron chi connectivity index (χ0n) is 29.6. The largest absolute Gasteiger partial charge is 0.493 e. The fourth-order valence-corrected chi connectivity index (χ4v) is 7.80. The first-order chi connectivity index (χ1) is 23.0. The van der Waals surface area contributed by atoms with Crippen LogP contribution >= 0.6 is 0 Å². The van der Waals surface area contributed by atoms with E-state index in [0.29, 0.717) is 49.7 Å². The Morgan fingerprint density at radius 1 is 1.00 bits per heavy atom. The van der Waals surface area contributed by atoms with Crippen LogP contribution < -0.4 is 9.64 Å². The number of pyridine rings is 1. The van der Waals surface area contributed by atoms with Crippen molar-refractivity contribution in [1.82, 2.24) is 9.88 Å². The van der Waals surface area contributed by atoms with Gasteiger partial charge < -0.3 is 19.5 Å². The lowest BCUT2D eigenvalue weighted by molar-refractivity contribution is -0.160. The minimum absolute atomic E-state index is 0.0952. The molecule has 0 aliphatic carbocycles. The smallest absolute Gasteiger partial charge is 0.337 e. The summed E-state index contributed by atoms with van der Waals surface area (Å²) >= 11 is 0. The van der Waals surface area contributed by atoms with Gasteiger partial charge in [0.15, 0.2) is 15.9 Å². The van der Waals surface area contributed by atoms with E-state index >= 15 is 0 Å². The van der Waals surface area contributed by atoms with E-state index in [-0.39, 0.29) is 22.7 Å². The van der Waals surface area contributed by atoms with Crippen LogP contribution in [0.2, 0.25) is 0 Å². The van der Waals surface area contributed by atoms with Crippen LogP contribution in [0.4, 0.5) is 10.1 Å². The third-order valence-corrected chi connectivity index (χ3v) is 11.0. The van der Waals surface area contributed by atoms with Gasteiger partial charge in [0.25, 0.3) is 0 Å². The summed E-state index contributed by atoms with van der Waals surface area (Å²) in [4.78, 5) is 22.5. The Bertz CT molecular complexity index is 1710. The molecule has 9 nitrogen and oxygen atoms in total. The molecule has 3 heterocycles. The molecule has 0 spiro atoms. The van der Waals surface area contributed by atoms with Crippen LogP contribution in [-0.2, 0) is 32.3 Å². The summed E-state index contributed by atoms with van der Waals surface area (Å²) in [6, 6.07) is 14.1. The highest BCUT2D eigenvalue weighted by atomic mass is 32.2. The summed E-state index contributed by atoms with van der Waals surface area (Å²) in [5.74, 6) is -0.487. The van der Waals surface area contributed by atoms with Gasteiger partial charge in [-0.25, -0.2) is 17.6 Å². The zero-order valence-corrected chi connectivity index (χ0v) is 30.4. The van der Waals surface area contributed by atoms with Crippen molar-refractivity contribution in [2.75, 3.05) is 49.2 Å². The number of anilines is 1. The molecule has 1 unspecified atom stereocenters. The van der Waals surface area contributed by atoms with E-state index in [1.54, 1.807) is 12.1 Å². The Morgan fingerprint density at radius 2 is 1.61 bits per heavy atom. The molecular weight excluding hydrogens is 645 g/mol. The van der Waals surface area contributed by atoms with Gasteiger partial charge in [0.2, 0.25) is 0 Å². The van der Waals surface area contributed by atoms with Crippen molar-refractivity contribution < 1.29 is 32.2 Å². The Labute approximate surface area is 290 Å². The number of rotatable bonds is 11. The van der Waals surface area contributed by atoms with Gasteiger partial charge in [0.1, 0.15) is 11.6 Å². The molecule has 5 rings (SSSR count). The number of carbonyl (C=O) groups is 1. The highest BCUT2D eigenvalue weighted by Gasteiger charge is 2.37. The van der Waals surface area contributed by atoms with Crippen molar-refractivity contribution in [1.29, 1.82) is 0 Å². The number of hydrogen-bond donors (Lipinski definition) is 1. The zero-order chi connectivity index (χ0) is 35.6. The molecule has 2 aliphatic rings. The maximum atomic E-state index is 13.3. The predicted molar refractivity (Wildman–Crippen MR) is 190 cm³/mol. The van der Waals surface area contributed by atoms with Crippen molar-refractivity contribution in [2.45, 2.75) is 79.1 Å². The minimum atomic E-state index is -3.07. The van der Waals surface area contributed by atoms with Crippen LogP contribution in [-0.4, -0.2) is 79.3 Å². The van der Waals surface area contributed by atoms with Gasteiger partial charge in [0, 0.05) is 56.0 Å². The number of benzene rings is 2. The first-order valence-electron chi connectivity index (χ1n) is 17.1. The molecule has 2 fully saturated rings. The second kappa shape index (κ2) is 14.7. The first kappa shape index (κ1) is 36.7. The van der Waals surface area contributed by atoms with Gasteiger partial charge in [-0.05, 0) is 81.3 Å². The average molecular weight is 696 g/mol. The number of nitrogens with zero attached hydrogens (tertiary/aromatic N) is 3. The van der Waals surface area contributed by atoms with E-state index in [2.05, 4.69) is 23.6 Å². The van der Waals surface area contributed by atoms with Crippen molar-refractivity contribution >= 4 is 21.5 Å². The monoisotopic (exact) mass is 695 g/mol. The van der Waals surface area contributed by atoms with E-state index in [4.69, 9.17) is 14.5 Å². The molecule has 1 N–H and O–H groups in total. The lowest BCUT2D eigenvalue weighted by atomic mass is 9.81. The molecule has 266 valence electrons. The molecule has 0 bridgehead atoms. The number of aryl methyl sites for hydroxylation is 1. The van der Waals surface area contributed by atoms with E-state index in [1.165, 1.54) is 12.1 Å². The third kappa shape index (κ3) is 9.58. The summed E-state index contributed by atoms with van der Waals surface area (Å²) in [5.41, 5.74) is 4.79. The summed E-state index contributed by atoms with van der Waals surface area (Å²) in [7, 11) is -3.07. The fraction of sp³-hybridized carbons (Fsp3) is 0.526. The van der Waals surface area contributed by atoms with Gasteiger partial charge in [0.05, 0.1) is 35.1 Å². The maximum Gasteiger partial charge on any atom is 0.337 e. The molecule has 3 aromatic rings. The van der Waals surface area contributed by atoms with Crippen molar-refractivity contribution in [2.24, 2.45) is 5.41 Å². The number of carboxylic acids is 1. The molecular formula is C38H50FN3O6S. The SMILES string of the molecule is Cc1nc(CN2CCS(=O)(=O)CC2)c(-c2ccc(OCCc3ccc(F)cc3)cc2)c(N2CCC(C)(C)CC2)c1C(OC(C)(C)C)C(=O)O. The Balaban J connectivity index is 1.59. The topological polar surface area (TPSA) is 109 Å².